The number of aryl methyl sites for hydroxylation is 2. The molecule has 0 saturated carbocycles. The predicted octanol–water partition coefficient (Wildman–Crippen LogP) is 4.55. The number of para-hydroxylation sites is 3. The lowest BCUT2D eigenvalue weighted by molar-refractivity contribution is -0.122. The SMILES string of the molecule is Cc1cccc(C)c1NC(=O)c1ccccc1NC(=O)[C@H]1CC(=O)N(c2ccccc2)C1. The number of hydrogen-bond acceptors (Lipinski definition) is 3. The standard InChI is InChI=1S/C26H25N3O3/c1-17-9-8-10-18(2)24(17)28-26(32)21-13-6-7-14-22(21)27-25(31)19-15-23(30)29(16-19)20-11-4-3-5-12-20/h3-14,19H,15-16H2,1-2H3,(H,27,31)(H,28,32)/t19-/m0/s1. The molecule has 1 aliphatic rings. The quantitative estimate of drug-likeness (QED) is 0.627. The molecule has 162 valence electrons. The summed E-state index contributed by atoms with van der Waals surface area (Å²) in [4.78, 5) is 40.1. The minimum absolute atomic E-state index is 0.0857. The molecule has 6 nitrogen and oxygen atoms in total. The van der Waals surface area contributed by atoms with Gasteiger partial charge in [-0.3, -0.25) is 14.4 Å². The second kappa shape index (κ2) is 9.06. The molecule has 0 bridgehead atoms. The molecular weight excluding hydrogens is 402 g/mol. The van der Waals surface area contributed by atoms with Crippen molar-refractivity contribution >= 4 is 34.8 Å². The molecule has 32 heavy (non-hydrogen) atoms. The highest BCUT2D eigenvalue weighted by Crippen LogP contribution is 2.27. The third-order valence-electron chi connectivity index (χ3n) is 5.71. The van der Waals surface area contributed by atoms with Gasteiger partial charge in [0.15, 0.2) is 0 Å². The summed E-state index contributed by atoms with van der Waals surface area (Å²) in [5, 5.41) is 5.82. The first-order chi connectivity index (χ1) is 15.4. The average Bonchev–Trinajstić information content (AvgIpc) is 3.19. The van der Waals surface area contributed by atoms with Gasteiger partial charge in [-0.15, -0.1) is 0 Å². The van der Waals surface area contributed by atoms with Crippen molar-refractivity contribution in [3.05, 3.63) is 89.5 Å². The van der Waals surface area contributed by atoms with Crippen molar-refractivity contribution < 1.29 is 14.4 Å². The topological polar surface area (TPSA) is 78.5 Å². The summed E-state index contributed by atoms with van der Waals surface area (Å²) >= 11 is 0. The van der Waals surface area contributed by atoms with Crippen molar-refractivity contribution in [3.63, 3.8) is 0 Å². The molecule has 2 N–H and O–H groups in total. The molecule has 0 spiro atoms. The highest BCUT2D eigenvalue weighted by atomic mass is 16.2. The van der Waals surface area contributed by atoms with Crippen LogP contribution in [-0.2, 0) is 9.59 Å². The van der Waals surface area contributed by atoms with Gasteiger partial charge in [-0.25, -0.2) is 0 Å². The van der Waals surface area contributed by atoms with Gasteiger partial charge in [-0.2, -0.15) is 0 Å². The van der Waals surface area contributed by atoms with E-state index in [4.69, 9.17) is 0 Å². The van der Waals surface area contributed by atoms with E-state index in [1.165, 1.54) is 0 Å². The fourth-order valence-electron chi connectivity index (χ4n) is 3.96. The molecule has 1 atom stereocenters. The Balaban J connectivity index is 1.49. The van der Waals surface area contributed by atoms with Gasteiger partial charge in [0.1, 0.15) is 0 Å². The fourth-order valence-corrected chi connectivity index (χ4v) is 3.96. The maximum atomic E-state index is 13.0. The van der Waals surface area contributed by atoms with Crippen LogP contribution in [-0.4, -0.2) is 24.3 Å². The molecule has 1 saturated heterocycles. The molecule has 1 aliphatic heterocycles. The number of nitrogens with zero attached hydrogens (tertiary/aromatic N) is 1. The van der Waals surface area contributed by atoms with E-state index >= 15 is 0 Å². The van der Waals surface area contributed by atoms with Crippen LogP contribution in [0.25, 0.3) is 0 Å². The summed E-state index contributed by atoms with van der Waals surface area (Å²) in [5.74, 6) is -1.15. The Morgan fingerprint density at radius 3 is 2.22 bits per heavy atom. The zero-order chi connectivity index (χ0) is 22.7. The number of benzene rings is 3. The van der Waals surface area contributed by atoms with Crippen LogP contribution in [0, 0.1) is 19.8 Å². The van der Waals surface area contributed by atoms with Crippen molar-refractivity contribution in [2.75, 3.05) is 22.1 Å². The minimum atomic E-state index is -0.488. The molecule has 1 heterocycles. The predicted molar refractivity (Wildman–Crippen MR) is 126 cm³/mol. The van der Waals surface area contributed by atoms with Crippen LogP contribution in [0.3, 0.4) is 0 Å². The summed E-state index contributed by atoms with van der Waals surface area (Å²) in [5.41, 5.74) is 4.26. The van der Waals surface area contributed by atoms with Crippen molar-refractivity contribution in [2.24, 2.45) is 5.92 Å². The van der Waals surface area contributed by atoms with E-state index in [0.29, 0.717) is 17.8 Å². The Bertz CT molecular complexity index is 1150. The lowest BCUT2D eigenvalue weighted by atomic mass is 10.1. The van der Waals surface area contributed by atoms with Gasteiger partial charge >= 0.3 is 0 Å². The monoisotopic (exact) mass is 427 g/mol. The van der Waals surface area contributed by atoms with E-state index in [0.717, 1.165) is 22.5 Å². The van der Waals surface area contributed by atoms with Crippen molar-refractivity contribution in [1.29, 1.82) is 0 Å². The number of carbonyl (C=O) groups is 3. The van der Waals surface area contributed by atoms with Gasteiger partial charge in [0.25, 0.3) is 5.91 Å². The van der Waals surface area contributed by atoms with Gasteiger partial charge in [0, 0.05) is 24.3 Å². The summed E-state index contributed by atoms with van der Waals surface area (Å²) in [6.45, 7) is 4.18. The second-order valence-electron chi connectivity index (χ2n) is 8.00. The molecule has 6 heteroatoms. The summed E-state index contributed by atoms with van der Waals surface area (Å²) in [6.07, 6.45) is 0.136. The first-order valence-corrected chi connectivity index (χ1v) is 10.6. The lowest BCUT2D eigenvalue weighted by Crippen LogP contribution is -2.28. The molecule has 0 unspecified atom stereocenters. The highest BCUT2D eigenvalue weighted by molar-refractivity contribution is 6.11. The molecule has 1 fully saturated rings. The van der Waals surface area contributed by atoms with Crippen molar-refractivity contribution in [2.45, 2.75) is 20.3 Å². The fraction of sp³-hybridized carbons (Fsp3) is 0.192. The normalized spacial score (nSPS) is 15.5. The Hall–Kier alpha value is -3.93. The van der Waals surface area contributed by atoms with E-state index in [9.17, 15) is 14.4 Å². The number of nitrogens with one attached hydrogen (secondary N) is 2. The number of amides is 3. The summed E-state index contributed by atoms with van der Waals surface area (Å²) in [6, 6.07) is 22.0. The Morgan fingerprint density at radius 1 is 0.844 bits per heavy atom. The molecule has 3 aromatic rings. The van der Waals surface area contributed by atoms with Crippen LogP contribution in [0.15, 0.2) is 72.8 Å². The van der Waals surface area contributed by atoms with E-state index in [2.05, 4.69) is 10.6 Å². The molecular formula is C26H25N3O3. The largest absolute Gasteiger partial charge is 0.325 e. The third-order valence-corrected chi connectivity index (χ3v) is 5.71. The minimum Gasteiger partial charge on any atom is -0.325 e. The first kappa shape index (κ1) is 21.3. The lowest BCUT2D eigenvalue weighted by Gasteiger charge is -2.17. The number of rotatable bonds is 5. The van der Waals surface area contributed by atoms with Crippen molar-refractivity contribution in [1.82, 2.24) is 0 Å². The molecule has 0 aromatic heterocycles. The molecule has 0 radical (unpaired) electrons. The Labute approximate surface area is 187 Å². The molecule has 3 aromatic carbocycles. The van der Waals surface area contributed by atoms with Crippen LogP contribution in [0.1, 0.15) is 27.9 Å². The smallest absolute Gasteiger partial charge is 0.257 e. The second-order valence-corrected chi connectivity index (χ2v) is 8.00. The van der Waals surface area contributed by atoms with Crippen LogP contribution < -0.4 is 15.5 Å². The van der Waals surface area contributed by atoms with Gasteiger partial charge in [-0.05, 0) is 49.2 Å². The van der Waals surface area contributed by atoms with Gasteiger partial charge in [0.2, 0.25) is 11.8 Å². The number of carbonyl (C=O) groups excluding carboxylic acids is 3. The van der Waals surface area contributed by atoms with Gasteiger partial charge in [-0.1, -0.05) is 48.5 Å². The van der Waals surface area contributed by atoms with Crippen LogP contribution in [0.5, 0.6) is 0 Å². The summed E-state index contributed by atoms with van der Waals surface area (Å²) < 4.78 is 0. The van der Waals surface area contributed by atoms with Crippen LogP contribution in [0.2, 0.25) is 0 Å². The molecule has 3 amide bonds. The van der Waals surface area contributed by atoms with Crippen LogP contribution in [0.4, 0.5) is 17.1 Å². The molecule has 4 rings (SSSR count). The number of anilines is 3. The maximum absolute atomic E-state index is 13.0. The zero-order valence-electron chi connectivity index (χ0n) is 18.1. The highest BCUT2D eigenvalue weighted by Gasteiger charge is 2.35. The summed E-state index contributed by atoms with van der Waals surface area (Å²) in [7, 11) is 0. The van der Waals surface area contributed by atoms with Crippen molar-refractivity contribution in [3.8, 4) is 0 Å². The van der Waals surface area contributed by atoms with E-state index in [1.54, 1.807) is 29.2 Å². The molecule has 0 aliphatic carbocycles. The average molecular weight is 428 g/mol. The van der Waals surface area contributed by atoms with Gasteiger partial charge < -0.3 is 15.5 Å². The van der Waals surface area contributed by atoms with E-state index in [1.807, 2.05) is 62.4 Å². The van der Waals surface area contributed by atoms with Gasteiger partial charge in [0.05, 0.1) is 17.2 Å². The van der Waals surface area contributed by atoms with E-state index < -0.39 is 5.92 Å². The maximum Gasteiger partial charge on any atom is 0.257 e. The van der Waals surface area contributed by atoms with E-state index in [-0.39, 0.29) is 24.1 Å². The Kier molecular flexibility index (Phi) is 6.03. The zero-order valence-corrected chi connectivity index (χ0v) is 18.1. The first-order valence-electron chi connectivity index (χ1n) is 10.6. The third kappa shape index (κ3) is 4.39. The van der Waals surface area contributed by atoms with Crippen LogP contribution >= 0.6 is 0 Å². The number of hydrogen-bond donors (Lipinski definition) is 2. The Morgan fingerprint density at radius 2 is 1.50 bits per heavy atom.